The van der Waals surface area contributed by atoms with Gasteiger partial charge in [0.25, 0.3) is 0 Å². The topological polar surface area (TPSA) is 65.9 Å². The van der Waals surface area contributed by atoms with Gasteiger partial charge in [-0.05, 0) is 41.7 Å². The molecule has 0 radical (unpaired) electrons. The molecule has 1 fully saturated rings. The molecule has 6 heteroatoms. The third-order valence-corrected chi connectivity index (χ3v) is 5.55. The molecule has 1 aliphatic heterocycles. The van der Waals surface area contributed by atoms with Gasteiger partial charge in [0, 0.05) is 43.8 Å². The van der Waals surface area contributed by atoms with Crippen LogP contribution in [-0.4, -0.2) is 44.5 Å². The lowest BCUT2D eigenvalue weighted by Gasteiger charge is -2.27. The quantitative estimate of drug-likeness (QED) is 0.491. The van der Waals surface area contributed by atoms with Crippen molar-refractivity contribution in [2.24, 2.45) is 10.4 Å². The van der Waals surface area contributed by atoms with Crippen LogP contribution in [0.1, 0.15) is 18.4 Å². The highest BCUT2D eigenvalue weighted by molar-refractivity contribution is 6.30. The van der Waals surface area contributed by atoms with Gasteiger partial charge in [0.15, 0.2) is 5.96 Å². The molecule has 3 rings (SSSR count). The lowest BCUT2D eigenvalue weighted by molar-refractivity contribution is 0.127. The smallest absolute Gasteiger partial charge is 0.191 e. The first kappa shape index (κ1) is 20.6. The van der Waals surface area contributed by atoms with Crippen LogP contribution >= 0.6 is 11.6 Å². The minimum Gasteiger partial charge on any atom is -0.396 e. The van der Waals surface area contributed by atoms with E-state index in [2.05, 4.69) is 27.8 Å². The Morgan fingerprint density at radius 3 is 2.64 bits per heavy atom. The molecule has 1 heterocycles. The van der Waals surface area contributed by atoms with Crippen LogP contribution in [0.5, 0.6) is 0 Å². The van der Waals surface area contributed by atoms with Crippen LogP contribution in [0.2, 0.25) is 5.02 Å². The number of halogens is 1. The number of ether oxygens (including phenoxy) is 1. The SMILES string of the molecule is CN=C(NCc1ccccc1-c1ccc(Cl)cc1)NCC1(CCO)CCOC1. The highest BCUT2D eigenvalue weighted by atomic mass is 35.5. The maximum absolute atomic E-state index is 9.38. The third-order valence-electron chi connectivity index (χ3n) is 5.30. The number of nitrogens with zero attached hydrogens (tertiary/aromatic N) is 1. The Morgan fingerprint density at radius 2 is 1.96 bits per heavy atom. The summed E-state index contributed by atoms with van der Waals surface area (Å²) in [5.74, 6) is 0.745. The van der Waals surface area contributed by atoms with E-state index in [1.807, 2.05) is 36.4 Å². The first-order chi connectivity index (χ1) is 13.7. The molecule has 0 saturated carbocycles. The number of guanidine groups is 1. The van der Waals surface area contributed by atoms with Crippen LogP contribution in [0.3, 0.4) is 0 Å². The molecule has 1 unspecified atom stereocenters. The predicted octanol–water partition coefficient (Wildman–Crippen LogP) is 3.46. The zero-order chi connectivity index (χ0) is 19.8. The van der Waals surface area contributed by atoms with Crippen molar-refractivity contribution < 1.29 is 9.84 Å². The van der Waals surface area contributed by atoms with Crippen molar-refractivity contribution in [3.8, 4) is 11.1 Å². The number of nitrogens with one attached hydrogen (secondary N) is 2. The molecule has 3 N–H and O–H groups in total. The average molecular weight is 402 g/mol. The fourth-order valence-electron chi connectivity index (χ4n) is 3.57. The summed E-state index contributed by atoms with van der Waals surface area (Å²) in [5.41, 5.74) is 3.47. The number of aliphatic hydroxyl groups is 1. The minimum atomic E-state index is -0.0203. The molecule has 150 valence electrons. The van der Waals surface area contributed by atoms with Crippen molar-refractivity contribution in [2.45, 2.75) is 19.4 Å². The standard InChI is InChI=1S/C22H28ClN3O2/c1-24-21(26-15-22(10-12-27)11-13-28-16-22)25-14-18-4-2-3-5-20(18)17-6-8-19(23)9-7-17/h2-9,27H,10-16H2,1H3,(H2,24,25,26). The summed E-state index contributed by atoms with van der Waals surface area (Å²) in [4.78, 5) is 4.34. The molecular formula is C22H28ClN3O2. The zero-order valence-electron chi connectivity index (χ0n) is 16.2. The lowest BCUT2D eigenvalue weighted by Crippen LogP contribution is -2.44. The first-order valence-corrected chi connectivity index (χ1v) is 10.0. The molecule has 1 aliphatic rings. The van der Waals surface area contributed by atoms with Gasteiger partial charge in [-0.2, -0.15) is 0 Å². The van der Waals surface area contributed by atoms with E-state index in [1.165, 1.54) is 11.1 Å². The van der Waals surface area contributed by atoms with Crippen LogP contribution < -0.4 is 10.6 Å². The fraction of sp³-hybridized carbons (Fsp3) is 0.409. The van der Waals surface area contributed by atoms with Gasteiger partial charge in [0.1, 0.15) is 0 Å². The van der Waals surface area contributed by atoms with Gasteiger partial charge in [-0.1, -0.05) is 48.0 Å². The number of hydrogen-bond donors (Lipinski definition) is 3. The van der Waals surface area contributed by atoms with Crippen molar-refractivity contribution in [2.75, 3.05) is 33.4 Å². The second kappa shape index (κ2) is 9.92. The summed E-state index contributed by atoms with van der Waals surface area (Å²) >= 11 is 6.02. The second-order valence-corrected chi connectivity index (χ2v) is 7.66. The van der Waals surface area contributed by atoms with Crippen LogP contribution in [0.15, 0.2) is 53.5 Å². The van der Waals surface area contributed by atoms with E-state index in [0.717, 1.165) is 42.5 Å². The van der Waals surface area contributed by atoms with Crippen LogP contribution in [0.25, 0.3) is 11.1 Å². The Bertz CT molecular complexity index is 787. The van der Waals surface area contributed by atoms with E-state index in [9.17, 15) is 5.11 Å². The number of hydrogen-bond acceptors (Lipinski definition) is 3. The van der Waals surface area contributed by atoms with Gasteiger partial charge in [0.05, 0.1) is 6.61 Å². The molecule has 0 spiro atoms. The third kappa shape index (κ3) is 5.25. The Morgan fingerprint density at radius 1 is 1.18 bits per heavy atom. The van der Waals surface area contributed by atoms with Crippen molar-refractivity contribution in [1.29, 1.82) is 0 Å². The monoisotopic (exact) mass is 401 g/mol. The largest absolute Gasteiger partial charge is 0.396 e. The first-order valence-electron chi connectivity index (χ1n) is 9.63. The van der Waals surface area contributed by atoms with Gasteiger partial charge >= 0.3 is 0 Å². The van der Waals surface area contributed by atoms with Crippen LogP contribution in [0, 0.1) is 5.41 Å². The molecule has 0 amide bonds. The molecule has 28 heavy (non-hydrogen) atoms. The molecular weight excluding hydrogens is 374 g/mol. The molecule has 1 atom stereocenters. The summed E-state index contributed by atoms with van der Waals surface area (Å²) in [6.07, 6.45) is 1.69. The van der Waals surface area contributed by atoms with E-state index in [-0.39, 0.29) is 12.0 Å². The van der Waals surface area contributed by atoms with Gasteiger partial charge in [-0.15, -0.1) is 0 Å². The number of aliphatic imine (C=N–C) groups is 1. The van der Waals surface area contributed by atoms with Gasteiger partial charge in [-0.3, -0.25) is 4.99 Å². The van der Waals surface area contributed by atoms with Crippen molar-refractivity contribution in [3.63, 3.8) is 0 Å². The summed E-state index contributed by atoms with van der Waals surface area (Å²) in [6.45, 7) is 2.98. The van der Waals surface area contributed by atoms with Crippen LogP contribution in [-0.2, 0) is 11.3 Å². The van der Waals surface area contributed by atoms with Crippen molar-refractivity contribution in [1.82, 2.24) is 10.6 Å². The highest BCUT2D eigenvalue weighted by Crippen LogP contribution is 2.31. The van der Waals surface area contributed by atoms with E-state index >= 15 is 0 Å². The molecule has 2 aromatic carbocycles. The van der Waals surface area contributed by atoms with Gasteiger partial charge in [-0.25, -0.2) is 0 Å². The summed E-state index contributed by atoms with van der Waals surface area (Å²) in [5, 5.41) is 16.9. The summed E-state index contributed by atoms with van der Waals surface area (Å²) < 4.78 is 5.56. The molecule has 0 aliphatic carbocycles. The van der Waals surface area contributed by atoms with Crippen molar-refractivity contribution >= 4 is 17.6 Å². The maximum Gasteiger partial charge on any atom is 0.191 e. The molecule has 2 aromatic rings. The number of rotatable bonds is 7. The van der Waals surface area contributed by atoms with E-state index in [0.29, 0.717) is 13.2 Å². The van der Waals surface area contributed by atoms with E-state index < -0.39 is 0 Å². The van der Waals surface area contributed by atoms with Crippen LogP contribution in [0.4, 0.5) is 0 Å². The second-order valence-electron chi connectivity index (χ2n) is 7.22. The maximum atomic E-state index is 9.38. The van der Waals surface area contributed by atoms with Gasteiger partial charge in [0.2, 0.25) is 0 Å². The predicted molar refractivity (Wildman–Crippen MR) is 115 cm³/mol. The van der Waals surface area contributed by atoms with Crippen molar-refractivity contribution in [3.05, 3.63) is 59.1 Å². The highest BCUT2D eigenvalue weighted by Gasteiger charge is 2.34. The Labute approximate surface area is 171 Å². The normalized spacial score (nSPS) is 19.6. The van der Waals surface area contributed by atoms with E-state index in [4.69, 9.17) is 16.3 Å². The van der Waals surface area contributed by atoms with Gasteiger partial charge < -0.3 is 20.5 Å². The molecule has 0 aromatic heterocycles. The molecule has 1 saturated heterocycles. The molecule has 5 nitrogen and oxygen atoms in total. The summed E-state index contributed by atoms with van der Waals surface area (Å²) in [7, 11) is 1.77. The Kier molecular flexibility index (Phi) is 7.31. The number of benzene rings is 2. The van der Waals surface area contributed by atoms with E-state index in [1.54, 1.807) is 7.05 Å². The zero-order valence-corrected chi connectivity index (χ0v) is 17.0. The lowest BCUT2D eigenvalue weighted by atomic mass is 9.84. The average Bonchev–Trinajstić information content (AvgIpc) is 3.18. The number of aliphatic hydroxyl groups excluding tert-OH is 1. The minimum absolute atomic E-state index is 0.0203. The Balaban J connectivity index is 1.63. The summed E-state index contributed by atoms with van der Waals surface area (Å²) in [6, 6.07) is 16.2. The molecule has 0 bridgehead atoms. The Hall–Kier alpha value is -2.08. The fourth-order valence-corrected chi connectivity index (χ4v) is 3.69.